The molecule has 0 aliphatic carbocycles. The van der Waals surface area contributed by atoms with Gasteiger partial charge < -0.3 is 4.42 Å². The van der Waals surface area contributed by atoms with Crippen molar-refractivity contribution in [1.82, 2.24) is 10.3 Å². The molecule has 0 aliphatic heterocycles. The van der Waals surface area contributed by atoms with Crippen LogP contribution >= 0.6 is 11.8 Å². The number of hydrogen-bond acceptors (Lipinski definition) is 5. The van der Waals surface area contributed by atoms with Crippen molar-refractivity contribution >= 4 is 33.7 Å². The zero-order chi connectivity index (χ0) is 18.5. The molecule has 26 heavy (non-hydrogen) atoms. The van der Waals surface area contributed by atoms with Gasteiger partial charge in [0.2, 0.25) is 5.89 Å². The average Bonchev–Trinajstić information content (AvgIpc) is 3.10. The van der Waals surface area contributed by atoms with Crippen LogP contribution in [0.4, 0.5) is 5.69 Å². The molecule has 0 fully saturated rings. The summed E-state index contributed by atoms with van der Waals surface area (Å²) < 4.78 is 5.90. The number of nitriles is 1. The summed E-state index contributed by atoms with van der Waals surface area (Å²) in [5.74, 6) is 1.10. The van der Waals surface area contributed by atoms with E-state index in [1.807, 2.05) is 42.8 Å². The summed E-state index contributed by atoms with van der Waals surface area (Å²) in [4.78, 5) is 9.01. The lowest BCUT2D eigenvalue weighted by molar-refractivity contribution is 0.619. The summed E-state index contributed by atoms with van der Waals surface area (Å²) in [6.45, 7) is 4.40. The number of nitrogens with zero attached hydrogens (tertiary/aromatic N) is 3. The van der Waals surface area contributed by atoms with Crippen LogP contribution in [0.25, 0.3) is 22.6 Å². The molecule has 132 valence electrons. The van der Waals surface area contributed by atoms with Crippen LogP contribution in [0, 0.1) is 11.5 Å². The molecule has 1 atom stereocenters. The molecule has 0 spiro atoms. The van der Waals surface area contributed by atoms with E-state index in [-0.39, 0.29) is 0 Å². The Hall–Kier alpha value is -2.78. The maximum atomic E-state index is 8.70. The molecule has 0 saturated heterocycles. The van der Waals surface area contributed by atoms with Gasteiger partial charge in [0.05, 0.1) is 5.69 Å². The van der Waals surface area contributed by atoms with Gasteiger partial charge in [-0.3, -0.25) is 5.32 Å². The summed E-state index contributed by atoms with van der Waals surface area (Å²) in [5.41, 5.74) is 4.60. The van der Waals surface area contributed by atoms with E-state index in [1.54, 1.807) is 0 Å². The van der Waals surface area contributed by atoms with Crippen LogP contribution in [-0.4, -0.2) is 16.4 Å². The van der Waals surface area contributed by atoms with E-state index >= 15 is 0 Å². The van der Waals surface area contributed by atoms with Gasteiger partial charge in [-0.25, -0.2) is 9.98 Å². The quantitative estimate of drug-likeness (QED) is 0.289. The third kappa shape index (κ3) is 3.89. The van der Waals surface area contributed by atoms with Gasteiger partial charge in [0.15, 0.2) is 16.9 Å². The highest BCUT2D eigenvalue weighted by atomic mass is 32.2. The highest BCUT2D eigenvalue weighted by molar-refractivity contribution is 8.13. The molecule has 3 rings (SSSR count). The second kappa shape index (κ2) is 8.07. The molecular formula is C20H20N4OS. The van der Waals surface area contributed by atoms with Crippen LogP contribution in [-0.2, 0) is 0 Å². The third-order valence-electron chi connectivity index (χ3n) is 4.29. The SMILES string of the molecule is CCC(C)c1ccc2oc(-c3ccc(N=C(NC#N)SC)cc3)nc2c1. The molecule has 1 heterocycles. The first-order valence-electron chi connectivity index (χ1n) is 8.43. The van der Waals surface area contributed by atoms with Crippen molar-refractivity contribution in [1.29, 1.82) is 5.26 Å². The van der Waals surface area contributed by atoms with Gasteiger partial charge in [0.25, 0.3) is 0 Å². The zero-order valence-electron chi connectivity index (χ0n) is 15.0. The number of aromatic nitrogens is 1. The first kappa shape index (κ1) is 18.0. The molecule has 6 heteroatoms. The maximum Gasteiger partial charge on any atom is 0.227 e. The Labute approximate surface area is 157 Å². The van der Waals surface area contributed by atoms with Gasteiger partial charge in [0.1, 0.15) is 5.52 Å². The minimum atomic E-state index is 0.504. The summed E-state index contributed by atoms with van der Waals surface area (Å²) in [6, 6.07) is 13.8. The zero-order valence-corrected chi connectivity index (χ0v) is 15.8. The molecule has 1 unspecified atom stereocenters. The Balaban J connectivity index is 1.88. The van der Waals surface area contributed by atoms with E-state index < -0.39 is 0 Å². The highest BCUT2D eigenvalue weighted by Gasteiger charge is 2.11. The van der Waals surface area contributed by atoms with Crippen molar-refractivity contribution in [3.8, 4) is 17.6 Å². The molecular weight excluding hydrogens is 344 g/mol. The first-order valence-corrected chi connectivity index (χ1v) is 9.65. The molecule has 0 bridgehead atoms. The Morgan fingerprint density at radius 1 is 1.31 bits per heavy atom. The van der Waals surface area contributed by atoms with Crippen LogP contribution in [0.2, 0.25) is 0 Å². The topological polar surface area (TPSA) is 74.2 Å². The van der Waals surface area contributed by atoms with Crippen LogP contribution in [0.15, 0.2) is 51.9 Å². The normalized spacial score (nSPS) is 12.8. The van der Waals surface area contributed by atoms with Crippen molar-refractivity contribution in [3.63, 3.8) is 0 Å². The lowest BCUT2D eigenvalue weighted by Gasteiger charge is -2.07. The fraction of sp³-hybridized carbons (Fsp3) is 0.250. The van der Waals surface area contributed by atoms with Crippen molar-refractivity contribution in [2.75, 3.05) is 6.26 Å². The fourth-order valence-electron chi connectivity index (χ4n) is 2.58. The van der Waals surface area contributed by atoms with Crippen molar-refractivity contribution in [2.45, 2.75) is 26.2 Å². The van der Waals surface area contributed by atoms with Crippen LogP contribution < -0.4 is 5.32 Å². The summed E-state index contributed by atoms with van der Waals surface area (Å²) in [6.07, 6.45) is 4.84. The van der Waals surface area contributed by atoms with E-state index in [1.165, 1.54) is 17.3 Å². The van der Waals surface area contributed by atoms with Gasteiger partial charge in [-0.15, -0.1) is 0 Å². The highest BCUT2D eigenvalue weighted by Crippen LogP contribution is 2.29. The van der Waals surface area contributed by atoms with Crippen molar-refractivity contribution < 1.29 is 4.42 Å². The van der Waals surface area contributed by atoms with E-state index in [2.05, 4.69) is 41.3 Å². The molecule has 0 amide bonds. The lowest BCUT2D eigenvalue weighted by atomic mass is 9.98. The lowest BCUT2D eigenvalue weighted by Crippen LogP contribution is -2.12. The minimum Gasteiger partial charge on any atom is -0.436 e. The van der Waals surface area contributed by atoms with E-state index in [4.69, 9.17) is 9.68 Å². The monoisotopic (exact) mass is 364 g/mol. The Bertz CT molecular complexity index is 970. The smallest absolute Gasteiger partial charge is 0.227 e. The molecule has 2 aromatic carbocycles. The molecule has 0 aliphatic rings. The molecule has 3 aromatic rings. The maximum absolute atomic E-state index is 8.70. The molecule has 0 radical (unpaired) electrons. The van der Waals surface area contributed by atoms with Gasteiger partial charge in [0, 0.05) is 5.56 Å². The standard InChI is InChI=1S/C20H20N4OS/c1-4-13(2)15-7-10-18-17(11-15)24-19(25-18)14-5-8-16(9-6-14)23-20(26-3)22-12-21/h5-11,13H,4H2,1-3H3,(H,22,23). The van der Waals surface area contributed by atoms with E-state index in [9.17, 15) is 0 Å². The number of thioether (sulfide) groups is 1. The molecule has 1 N–H and O–H groups in total. The molecule has 5 nitrogen and oxygen atoms in total. The number of nitrogens with one attached hydrogen (secondary N) is 1. The van der Waals surface area contributed by atoms with Gasteiger partial charge in [-0.1, -0.05) is 31.7 Å². The third-order valence-corrected chi connectivity index (χ3v) is 4.87. The Kier molecular flexibility index (Phi) is 5.59. The number of fused-ring (bicyclic) bond motifs is 1. The van der Waals surface area contributed by atoms with Gasteiger partial charge in [-0.2, -0.15) is 5.26 Å². The summed E-state index contributed by atoms with van der Waals surface area (Å²) in [5, 5.41) is 11.8. The second-order valence-corrected chi connectivity index (χ2v) is 6.76. The summed E-state index contributed by atoms with van der Waals surface area (Å²) in [7, 11) is 0. The molecule has 0 saturated carbocycles. The Morgan fingerprint density at radius 2 is 2.08 bits per heavy atom. The fourth-order valence-corrected chi connectivity index (χ4v) is 2.92. The second-order valence-electron chi connectivity index (χ2n) is 5.96. The van der Waals surface area contributed by atoms with Crippen molar-refractivity contribution in [2.24, 2.45) is 4.99 Å². The van der Waals surface area contributed by atoms with Gasteiger partial charge in [-0.05, 0) is 60.6 Å². The van der Waals surface area contributed by atoms with Crippen LogP contribution in [0.5, 0.6) is 0 Å². The van der Waals surface area contributed by atoms with Crippen LogP contribution in [0.3, 0.4) is 0 Å². The molecule has 1 aromatic heterocycles. The van der Waals surface area contributed by atoms with E-state index in [0.29, 0.717) is 17.0 Å². The van der Waals surface area contributed by atoms with Crippen LogP contribution in [0.1, 0.15) is 31.7 Å². The summed E-state index contributed by atoms with van der Waals surface area (Å²) >= 11 is 1.38. The number of hydrogen-bond donors (Lipinski definition) is 1. The number of aliphatic imine (C=N–C) groups is 1. The number of oxazole rings is 1. The minimum absolute atomic E-state index is 0.504. The van der Waals surface area contributed by atoms with Gasteiger partial charge >= 0.3 is 0 Å². The number of amidine groups is 1. The predicted molar refractivity (Wildman–Crippen MR) is 108 cm³/mol. The largest absolute Gasteiger partial charge is 0.436 e. The average molecular weight is 364 g/mol. The predicted octanol–water partition coefficient (Wildman–Crippen LogP) is 5.43. The first-order chi connectivity index (χ1) is 12.6. The number of benzene rings is 2. The van der Waals surface area contributed by atoms with Crippen molar-refractivity contribution in [3.05, 3.63) is 48.0 Å². The Morgan fingerprint density at radius 3 is 2.73 bits per heavy atom. The van der Waals surface area contributed by atoms with E-state index in [0.717, 1.165) is 28.8 Å². The number of rotatable bonds is 4.